The van der Waals surface area contributed by atoms with Gasteiger partial charge in [-0.1, -0.05) is 12.8 Å². The zero-order chi connectivity index (χ0) is 19.3. The van der Waals surface area contributed by atoms with Gasteiger partial charge in [0.15, 0.2) is 0 Å². The minimum atomic E-state index is -0.0900. The highest BCUT2D eigenvalue weighted by Crippen LogP contribution is 2.26. The smallest absolute Gasteiger partial charge is 0.266 e. The Morgan fingerprint density at radius 3 is 2.39 bits per heavy atom. The van der Waals surface area contributed by atoms with Crippen molar-refractivity contribution in [1.29, 1.82) is 0 Å². The van der Waals surface area contributed by atoms with Crippen LogP contribution in [0.5, 0.6) is 0 Å². The summed E-state index contributed by atoms with van der Waals surface area (Å²) in [5.74, 6) is 0.602. The molecule has 0 radical (unpaired) electrons. The van der Waals surface area contributed by atoms with E-state index >= 15 is 0 Å². The zero-order valence-electron chi connectivity index (χ0n) is 16.2. The number of hydrogen-bond donors (Lipinski definition) is 0. The van der Waals surface area contributed by atoms with Crippen LogP contribution >= 0.6 is 0 Å². The molecule has 0 aromatic carbocycles. The van der Waals surface area contributed by atoms with E-state index in [-0.39, 0.29) is 11.5 Å². The molecule has 7 nitrogen and oxygen atoms in total. The van der Waals surface area contributed by atoms with Crippen molar-refractivity contribution in [2.45, 2.75) is 32.2 Å². The van der Waals surface area contributed by atoms with E-state index < -0.39 is 0 Å². The third kappa shape index (κ3) is 4.30. The van der Waals surface area contributed by atoms with Crippen molar-refractivity contribution in [3.8, 4) is 11.3 Å². The number of pyridine rings is 1. The normalized spacial score (nSPS) is 18.5. The van der Waals surface area contributed by atoms with Crippen molar-refractivity contribution in [3.63, 3.8) is 0 Å². The minimum absolute atomic E-state index is 0.0900. The first-order valence-electron chi connectivity index (χ1n) is 10.2. The first kappa shape index (κ1) is 18.8. The van der Waals surface area contributed by atoms with Crippen LogP contribution in [0.3, 0.4) is 0 Å². The van der Waals surface area contributed by atoms with Gasteiger partial charge >= 0.3 is 0 Å². The van der Waals surface area contributed by atoms with Crippen molar-refractivity contribution in [2.75, 3.05) is 32.7 Å². The number of carbonyl (C=O) groups is 1. The van der Waals surface area contributed by atoms with Crippen LogP contribution in [0.4, 0.5) is 0 Å². The van der Waals surface area contributed by atoms with Crippen molar-refractivity contribution in [1.82, 2.24) is 24.6 Å². The standard InChI is InChI=1S/C21H27N5O2/c27-20-6-5-19(17-7-9-22-10-8-17)23-26(20)16-13-24-11-14-25(15-12-24)21(28)18-3-1-2-4-18/h5-10,18H,1-4,11-16H2. The quantitative estimate of drug-likeness (QED) is 0.787. The molecule has 0 spiro atoms. The SMILES string of the molecule is O=C(C1CCCC1)N1CCN(CCn2nc(-c3ccncc3)ccc2=O)CC1. The van der Waals surface area contributed by atoms with Crippen LogP contribution in [0.25, 0.3) is 11.3 Å². The summed E-state index contributed by atoms with van der Waals surface area (Å²) in [5, 5.41) is 4.51. The van der Waals surface area contributed by atoms with E-state index in [0.717, 1.165) is 56.8 Å². The van der Waals surface area contributed by atoms with Crippen LogP contribution in [0.2, 0.25) is 0 Å². The number of hydrogen-bond acceptors (Lipinski definition) is 5. The average Bonchev–Trinajstić information content (AvgIpc) is 3.29. The number of aromatic nitrogens is 3. The first-order chi connectivity index (χ1) is 13.7. The van der Waals surface area contributed by atoms with Gasteiger partial charge in [-0.3, -0.25) is 19.5 Å². The van der Waals surface area contributed by atoms with E-state index in [1.807, 2.05) is 17.0 Å². The molecule has 148 valence electrons. The summed E-state index contributed by atoms with van der Waals surface area (Å²) in [4.78, 5) is 33.1. The number of amides is 1. The molecule has 1 saturated heterocycles. The van der Waals surface area contributed by atoms with Crippen molar-refractivity contribution in [3.05, 3.63) is 47.0 Å². The lowest BCUT2D eigenvalue weighted by Gasteiger charge is -2.36. The first-order valence-corrected chi connectivity index (χ1v) is 10.2. The summed E-state index contributed by atoms with van der Waals surface area (Å²) in [7, 11) is 0. The fourth-order valence-corrected chi connectivity index (χ4v) is 4.14. The van der Waals surface area contributed by atoms with Crippen molar-refractivity contribution in [2.24, 2.45) is 5.92 Å². The largest absolute Gasteiger partial charge is 0.340 e. The topological polar surface area (TPSA) is 71.3 Å². The summed E-state index contributed by atoms with van der Waals surface area (Å²) in [6.45, 7) is 4.60. The number of rotatable bonds is 5. The summed E-state index contributed by atoms with van der Waals surface area (Å²) in [6.07, 6.45) is 7.94. The molecule has 0 atom stereocenters. The predicted octanol–water partition coefficient (Wildman–Crippen LogP) is 1.64. The molecule has 1 aliphatic heterocycles. The number of piperazine rings is 1. The summed E-state index contributed by atoms with van der Waals surface area (Å²) >= 11 is 0. The molecule has 2 fully saturated rings. The molecular weight excluding hydrogens is 354 g/mol. The van der Waals surface area contributed by atoms with Crippen LogP contribution in [-0.4, -0.2) is 63.2 Å². The van der Waals surface area contributed by atoms with Gasteiger partial charge in [0, 0.05) is 62.7 Å². The van der Waals surface area contributed by atoms with Crippen molar-refractivity contribution < 1.29 is 4.79 Å². The Labute approximate surface area is 165 Å². The fraction of sp³-hybridized carbons (Fsp3) is 0.524. The molecule has 2 aromatic heterocycles. The zero-order valence-corrected chi connectivity index (χ0v) is 16.2. The van der Waals surface area contributed by atoms with Gasteiger partial charge in [-0.2, -0.15) is 5.10 Å². The molecule has 0 N–H and O–H groups in total. The van der Waals surface area contributed by atoms with Crippen LogP contribution in [0.1, 0.15) is 25.7 Å². The highest BCUT2D eigenvalue weighted by molar-refractivity contribution is 5.79. The Kier molecular flexibility index (Phi) is 5.81. The third-order valence-electron chi connectivity index (χ3n) is 5.86. The van der Waals surface area contributed by atoms with E-state index in [1.54, 1.807) is 24.5 Å². The maximum absolute atomic E-state index is 12.6. The molecule has 3 heterocycles. The predicted molar refractivity (Wildman–Crippen MR) is 107 cm³/mol. The lowest BCUT2D eigenvalue weighted by Crippen LogP contribution is -2.50. The van der Waals surface area contributed by atoms with E-state index in [1.165, 1.54) is 17.5 Å². The fourth-order valence-electron chi connectivity index (χ4n) is 4.14. The second kappa shape index (κ2) is 8.65. The highest BCUT2D eigenvalue weighted by Gasteiger charge is 2.29. The summed E-state index contributed by atoms with van der Waals surface area (Å²) < 4.78 is 1.53. The second-order valence-electron chi connectivity index (χ2n) is 7.66. The van der Waals surface area contributed by atoms with E-state index in [2.05, 4.69) is 15.0 Å². The third-order valence-corrected chi connectivity index (χ3v) is 5.86. The molecule has 1 aliphatic carbocycles. The molecule has 1 saturated carbocycles. The van der Waals surface area contributed by atoms with Crippen LogP contribution in [-0.2, 0) is 11.3 Å². The Balaban J connectivity index is 1.32. The number of nitrogens with zero attached hydrogens (tertiary/aromatic N) is 5. The Morgan fingerprint density at radius 2 is 1.68 bits per heavy atom. The van der Waals surface area contributed by atoms with Crippen LogP contribution in [0, 0.1) is 5.92 Å². The van der Waals surface area contributed by atoms with Crippen LogP contribution in [0.15, 0.2) is 41.5 Å². The maximum Gasteiger partial charge on any atom is 0.266 e. The van der Waals surface area contributed by atoms with Gasteiger partial charge in [0.2, 0.25) is 5.91 Å². The van der Waals surface area contributed by atoms with E-state index in [4.69, 9.17) is 0 Å². The molecule has 2 aromatic rings. The molecule has 0 unspecified atom stereocenters. The van der Waals surface area contributed by atoms with Gasteiger partial charge < -0.3 is 4.90 Å². The number of carbonyl (C=O) groups excluding carboxylic acids is 1. The summed E-state index contributed by atoms with van der Waals surface area (Å²) in [6, 6.07) is 7.10. The van der Waals surface area contributed by atoms with E-state index in [9.17, 15) is 9.59 Å². The average molecular weight is 381 g/mol. The lowest BCUT2D eigenvalue weighted by molar-refractivity contribution is -0.137. The molecule has 2 aliphatic rings. The monoisotopic (exact) mass is 381 g/mol. The van der Waals surface area contributed by atoms with Gasteiger partial charge in [0.1, 0.15) is 0 Å². The maximum atomic E-state index is 12.6. The molecule has 0 bridgehead atoms. The molecule has 7 heteroatoms. The molecule has 28 heavy (non-hydrogen) atoms. The highest BCUT2D eigenvalue weighted by atomic mass is 16.2. The second-order valence-corrected chi connectivity index (χ2v) is 7.66. The molecular formula is C21H27N5O2. The molecule has 1 amide bonds. The van der Waals surface area contributed by atoms with Gasteiger partial charge in [-0.05, 0) is 31.0 Å². The minimum Gasteiger partial charge on any atom is -0.340 e. The van der Waals surface area contributed by atoms with Gasteiger partial charge in [0.05, 0.1) is 12.2 Å². The van der Waals surface area contributed by atoms with Gasteiger partial charge in [-0.15, -0.1) is 0 Å². The lowest BCUT2D eigenvalue weighted by atomic mass is 10.1. The Hall–Kier alpha value is -2.54. The van der Waals surface area contributed by atoms with Gasteiger partial charge in [-0.25, -0.2) is 4.68 Å². The van der Waals surface area contributed by atoms with Crippen molar-refractivity contribution >= 4 is 5.91 Å². The molecule has 4 rings (SSSR count). The van der Waals surface area contributed by atoms with Gasteiger partial charge in [0.25, 0.3) is 5.56 Å². The summed E-state index contributed by atoms with van der Waals surface area (Å²) in [5.41, 5.74) is 1.63. The Morgan fingerprint density at radius 1 is 0.964 bits per heavy atom. The van der Waals surface area contributed by atoms with E-state index in [0.29, 0.717) is 12.5 Å². The Bertz CT molecular complexity index is 853. The van der Waals surface area contributed by atoms with Crippen LogP contribution < -0.4 is 5.56 Å².